The second kappa shape index (κ2) is 4.25. The van der Waals surface area contributed by atoms with Crippen molar-refractivity contribution in [3.05, 3.63) is 42.0 Å². The molecule has 0 spiro atoms. The number of nitrogens with zero attached hydrogens (tertiary/aromatic N) is 4. The molecular weight excluding hydrogens is 266 g/mol. The second-order valence-corrected chi connectivity index (χ2v) is 6.10. The number of hydrogen-bond donors (Lipinski definition) is 1. The monoisotopic (exact) mass is 277 g/mol. The topological polar surface area (TPSA) is 102 Å². The summed E-state index contributed by atoms with van der Waals surface area (Å²) in [6.07, 6.45) is 4.43. The molecule has 0 saturated carbocycles. The maximum Gasteiger partial charge on any atom is 0.245 e. The van der Waals surface area contributed by atoms with Crippen LogP contribution in [0.25, 0.3) is 0 Å². The Balaban J connectivity index is 1.95. The van der Waals surface area contributed by atoms with E-state index in [9.17, 15) is 8.42 Å². The van der Waals surface area contributed by atoms with E-state index in [4.69, 9.17) is 5.73 Å². The minimum atomic E-state index is -3.56. The SMILES string of the molecule is Nc1ncc2c(n1)CN(S(=O)(=O)c1cccnc1)C2. The van der Waals surface area contributed by atoms with Crippen LogP contribution in [0.4, 0.5) is 5.95 Å². The Bertz CT molecular complexity index is 717. The molecular formula is C11H11N5O2S. The molecule has 0 bridgehead atoms. The Morgan fingerprint density at radius 2 is 2.11 bits per heavy atom. The number of anilines is 1. The molecule has 0 radical (unpaired) electrons. The van der Waals surface area contributed by atoms with Gasteiger partial charge in [0.1, 0.15) is 4.90 Å². The number of aromatic nitrogens is 3. The molecule has 0 aromatic carbocycles. The van der Waals surface area contributed by atoms with Gasteiger partial charge in [-0.15, -0.1) is 0 Å². The van der Waals surface area contributed by atoms with Crippen molar-refractivity contribution in [1.82, 2.24) is 19.3 Å². The lowest BCUT2D eigenvalue weighted by Crippen LogP contribution is -2.25. The van der Waals surface area contributed by atoms with Gasteiger partial charge in [0.05, 0.1) is 12.2 Å². The highest BCUT2D eigenvalue weighted by Crippen LogP contribution is 2.26. The van der Waals surface area contributed by atoms with Crippen molar-refractivity contribution in [3.63, 3.8) is 0 Å². The molecule has 1 aliphatic rings. The first-order valence-corrected chi connectivity index (χ1v) is 7.02. The predicted octanol–water partition coefficient (Wildman–Crippen LogP) is 0.158. The number of sulfonamides is 1. The van der Waals surface area contributed by atoms with Crippen LogP contribution in [0.2, 0.25) is 0 Å². The third-order valence-electron chi connectivity index (χ3n) is 2.92. The van der Waals surface area contributed by atoms with Crippen LogP contribution in [0.1, 0.15) is 11.3 Å². The van der Waals surface area contributed by atoms with Crippen LogP contribution in [-0.2, 0) is 23.1 Å². The molecule has 3 heterocycles. The quantitative estimate of drug-likeness (QED) is 0.838. The van der Waals surface area contributed by atoms with E-state index in [1.54, 1.807) is 12.3 Å². The summed E-state index contributed by atoms with van der Waals surface area (Å²) in [6, 6.07) is 3.11. The summed E-state index contributed by atoms with van der Waals surface area (Å²) in [4.78, 5) is 11.9. The van der Waals surface area contributed by atoms with Crippen LogP contribution in [0.15, 0.2) is 35.6 Å². The highest BCUT2D eigenvalue weighted by Gasteiger charge is 2.31. The lowest BCUT2D eigenvalue weighted by atomic mass is 10.3. The third kappa shape index (κ3) is 2.04. The second-order valence-electron chi connectivity index (χ2n) is 4.16. The van der Waals surface area contributed by atoms with Gasteiger partial charge in [-0.25, -0.2) is 18.4 Å². The summed E-state index contributed by atoms with van der Waals surface area (Å²) in [5, 5.41) is 0. The summed E-state index contributed by atoms with van der Waals surface area (Å²) in [7, 11) is -3.56. The number of pyridine rings is 1. The molecule has 98 valence electrons. The van der Waals surface area contributed by atoms with Crippen LogP contribution in [0.5, 0.6) is 0 Å². The molecule has 0 aliphatic carbocycles. The van der Waals surface area contributed by atoms with E-state index in [-0.39, 0.29) is 23.9 Å². The Labute approximate surface area is 110 Å². The Kier molecular flexibility index (Phi) is 2.68. The smallest absolute Gasteiger partial charge is 0.245 e. The van der Waals surface area contributed by atoms with Gasteiger partial charge in [0.2, 0.25) is 16.0 Å². The van der Waals surface area contributed by atoms with Gasteiger partial charge in [0, 0.05) is 30.7 Å². The lowest BCUT2D eigenvalue weighted by Gasteiger charge is -2.14. The van der Waals surface area contributed by atoms with Crippen LogP contribution >= 0.6 is 0 Å². The molecule has 7 nitrogen and oxygen atoms in total. The molecule has 0 saturated heterocycles. The maximum atomic E-state index is 12.4. The van der Waals surface area contributed by atoms with Gasteiger partial charge in [-0.3, -0.25) is 4.98 Å². The summed E-state index contributed by atoms with van der Waals surface area (Å²) >= 11 is 0. The predicted molar refractivity (Wildman–Crippen MR) is 67.1 cm³/mol. The van der Waals surface area contributed by atoms with E-state index in [1.807, 2.05) is 0 Å². The third-order valence-corrected chi connectivity index (χ3v) is 4.69. The van der Waals surface area contributed by atoms with Gasteiger partial charge in [0.15, 0.2) is 0 Å². The van der Waals surface area contributed by atoms with E-state index in [1.165, 1.54) is 22.8 Å². The zero-order chi connectivity index (χ0) is 13.5. The molecule has 0 fully saturated rings. The molecule has 1 aliphatic heterocycles. The zero-order valence-electron chi connectivity index (χ0n) is 9.89. The van der Waals surface area contributed by atoms with Crippen LogP contribution < -0.4 is 5.73 Å². The first-order chi connectivity index (χ1) is 9.07. The average Bonchev–Trinajstić information content (AvgIpc) is 2.83. The molecule has 2 aromatic rings. The Morgan fingerprint density at radius 3 is 2.84 bits per heavy atom. The van der Waals surface area contributed by atoms with Crippen LogP contribution in [0, 0.1) is 0 Å². The highest BCUT2D eigenvalue weighted by molar-refractivity contribution is 7.89. The molecule has 8 heteroatoms. The standard InChI is InChI=1S/C11H11N5O2S/c12-11-14-4-8-6-16(7-10(8)15-11)19(17,18)9-2-1-3-13-5-9/h1-5H,6-7H2,(H2,12,14,15). The Morgan fingerprint density at radius 1 is 1.26 bits per heavy atom. The summed E-state index contributed by atoms with van der Waals surface area (Å²) in [5.41, 5.74) is 6.93. The van der Waals surface area contributed by atoms with Crippen molar-refractivity contribution in [1.29, 1.82) is 0 Å². The molecule has 0 amide bonds. The number of fused-ring (bicyclic) bond motifs is 1. The lowest BCUT2D eigenvalue weighted by molar-refractivity contribution is 0.429. The maximum absolute atomic E-state index is 12.4. The van der Waals surface area contributed by atoms with Crippen molar-refractivity contribution in [3.8, 4) is 0 Å². The molecule has 0 atom stereocenters. The fraction of sp³-hybridized carbons (Fsp3) is 0.182. The number of hydrogen-bond acceptors (Lipinski definition) is 6. The van der Waals surface area contributed by atoms with Gasteiger partial charge >= 0.3 is 0 Å². The van der Waals surface area contributed by atoms with Gasteiger partial charge in [-0.05, 0) is 12.1 Å². The van der Waals surface area contributed by atoms with Gasteiger partial charge in [0.25, 0.3) is 0 Å². The largest absolute Gasteiger partial charge is 0.368 e. The molecule has 2 N–H and O–H groups in total. The van der Waals surface area contributed by atoms with Crippen molar-refractivity contribution in [2.75, 3.05) is 5.73 Å². The van der Waals surface area contributed by atoms with E-state index in [0.717, 1.165) is 5.56 Å². The number of nitrogen functional groups attached to an aromatic ring is 1. The molecule has 3 rings (SSSR count). The highest BCUT2D eigenvalue weighted by atomic mass is 32.2. The first-order valence-electron chi connectivity index (χ1n) is 5.58. The fourth-order valence-corrected chi connectivity index (χ4v) is 3.30. The minimum Gasteiger partial charge on any atom is -0.368 e. The summed E-state index contributed by atoms with van der Waals surface area (Å²) in [5.74, 6) is 0.152. The van der Waals surface area contributed by atoms with E-state index in [2.05, 4.69) is 15.0 Å². The van der Waals surface area contributed by atoms with E-state index >= 15 is 0 Å². The molecule has 0 unspecified atom stereocenters. The van der Waals surface area contributed by atoms with Gasteiger partial charge in [-0.1, -0.05) is 0 Å². The normalized spacial score (nSPS) is 15.4. The van der Waals surface area contributed by atoms with Crippen molar-refractivity contribution >= 4 is 16.0 Å². The summed E-state index contributed by atoms with van der Waals surface area (Å²) < 4.78 is 26.1. The van der Waals surface area contributed by atoms with Crippen LogP contribution in [-0.4, -0.2) is 27.7 Å². The fourth-order valence-electron chi connectivity index (χ4n) is 1.96. The zero-order valence-corrected chi connectivity index (χ0v) is 10.7. The van der Waals surface area contributed by atoms with Crippen molar-refractivity contribution in [2.45, 2.75) is 18.0 Å². The molecule has 19 heavy (non-hydrogen) atoms. The van der Waals surface area contributed by atoms with Crippen molar-refractivity contribution in [2.24, 2.45) is 0 Å². The van der Waals surface area contributed by atoms with Gasteiger partial charge < -0.3 is 5.73 Å². The minimum absolute atomic E-state index is 0.152. The first kappa shape index (κ1) is 12.0. The van der Waals surface area contributed by atoms with Gasteiger partial charge in [-0.2, -0.15) is 4.31 Å². The Hall–Kier alpha value is -2.06. The molecule has 2 aromatic heterocycles. The van der Waals surface area contributed by atoms with Crippen molar-refractivity contribution < 1.29 is 8.42 Å². The van der Waals surface area contributed by atoms with E-state index < -0.39 is 10.0 Å². The number of nitrogens with two attached hydrogens (primary N) is 1. The average molecular weight is 277 g/mol. The van der Waals surface area contributed by atoms with E-state index in [0.29, 0.717) is 5.69 Å². The number of rotatable bonds is 2. The van der Waals surface area contributed by atoms with Crippen LogP contribution in [0.3, 0.4) is 0 Å². The summed E-state index contributed by atoms with van der Waals surface area (Å²) in [6.45, 7) is 0.464.